The maximum absolute atomic E-state index is 12.1. The molecule has 2 heterocycles. The second kappa shape index (κ2) is 6.68. The van der Waals surface area contributed by atoms with Crippen LogP contribution in [0.4, 0.5) is 0 Å². The molecule has 1 N–H and O–H groups in total. The van der Waals surface area contributed by atoms with Gasteiger partial charge in [0.2, 0.25) is 5.95 Å². The van der Waals surface area contributed by atoms with E-state index in [4.69, 9.17) is 0 Å². The summed E-state index contributed by atoms with van der Waals surface area (Å²) in [5, 5.41) is 4.01. The second-order valence-corrected chi connectivity index (χ2v) is 5.94. The van der Waals surface area contributed by atoms with Gasteiger partial charge in [-0.3, -0.25) is 14.6 Å². The molecule has 116 valence electrons. The lowest BCUT2D eigenvalue weighted by Crippen LogP contribution is -2.21. The summed E-state index contributed by atoms with van der Waals surface area (Å²) in [5.74, 6) is 0.987. The average Bonchev–Trinajstić information content (AvgIpc) is 3.04. The average molecular weight is 300 g/mol. The fourth-order valence-electron chi connectivity index (χ4n) is 3.05. The summed E-state index contributed by atoms with van der Waals surface area (Å²) >= 11 is 0. The van der Waals surface area contributed by atoms with Gasteiger partial charge in [-0.25, -0.2) is 9.67 Å². The first kappa shape index (κ1) is 14.7. The number of aromatic nitrogens is 4. The van der Waals surface area contributed by atoms with Gasteiger partial charge in [0.15, 0.2) is 0 Å². The first-order valence-electron chi connectivity index (χ1n) is 7.82. The summed E-state index contributed by atoms with van der Waals surface area (Å²) < 4.78 is 1.48. The fraction of sp³-hybridized carbons (Fsp3) is 0.500. The quantitative estimate of drug-likeness (QED) is 0.916. The Balaban J connectivity index is 1.65. The van der Waals surface area contributed by atoms with Crippen LogP contribution in [-0.4, -0.2) is 25.5 Å². The van der Waals surface area contributed by atoms with E-state index in [1.54, 1.807) is 18.5 Å². The third-order valence-electron chi connectivity index (χ3n) is 4.21. The lowest BCUT2D eigenvalue weighted by molar-refractivity contribution is -0.119. The van der Waals surface area contributed by atoms with Crippen LogP contribution in [0.15, 0.2) is 29.5 Å². The molecule has 3 rings (SSSR count). The molecule has 0 radical (unpaired) electrons. The highest BCUT2D eigenvalue weighted by atomic mass is 16.1. The molecule has 0 atom stereocenters. The molecule has 2 aromatic heterocycles. The molecule has 0 spiro atoms. The van der Waals surface area contributed by atoms with Crippen molar-refractivity contribution in [2.75, 3.05) is 0 Å². The smallest absolute Gasteiger partial charge is 0.255 e. The summed E-state index contributed by atoms with van der Waals surface area (Å²) in [6.45, 7) is 0. The van der Waals surface area contributed by atoms with E-state index in [1.807, 2.05) is 0 Å². The van der Waals surface area contributed by atoms with Crippen LogP contribution in [0.3, 0.4) is 0 Å². The minimum Gasteiger partial charge on any atom is -0.299 e. The molecule has 0 amide bonds. The Morgan fingerprint density at radius 2 is 2.14 bits per heavy atom. The lowest BCUT2D eigenvalue weighted by Gasteiger charge is -2.20. The maximum atomic E-state index is 12.1. The molecule has 1 fully saturated rings. The van der Waals surface area contributed by atoms with Crippen molar-refractivity contribution < 1.29 is 4.79 Å². The summed E-state index contributed by atoms with van der Waals surface area (Å²) in [6, 6.07) is 1.75. The largest absolute Gasteiger partial charge is 0.299 e. The fourth-order valence-corrected chi connectivity index (χ4v) is 3.05. The summed E-state index contributed by atoms with van der Waals surface area (Å²) in [7, 11) is 0. The number of nitrogens with one attached hydrogen (secondary N) is 1. The third kappa shape index (κ3) is 3.50. The zero-order chi connectivity index (χ0) is 15.4. The van der Waals surface area contributed by atoms with Crippen LogP contribution >= 0.6 is 0 Å². The Morgan fingerprint density at radius 3 is 2.82 bits per heavy atom. The number of carbonyl (C=O) groups excluding carboxylic acids is 1. The zero-order valence-electron chi connectivity index (χ0n) is 12.5. The van der Waals surface area contributed by atoms with Crippen molar-refractivity contribution in [1.82, 2.24) is 19.7 Å². The zero-order valence-corrected chi connectivity index (χ0v) is 12.5. The van der Waals surface area contributed by atoms with Crippen LogP contribution in [0.25, 0.3) is 5.95 Å². The van der Waals surface area contributed by atoms with Gasteiger partial charge in [0.1, 0.15) is 5.78 Å². The molecule has 1 aliphatic rings. The molecule has 6 heteroatoms. The van der Waals surface area contributed by atoms with E-state index in [2.05, 4.69) is 15.1 Å². The van der Waals surface area contributed by atoms with Crippen molar-refractivity contribution in [2.24, 2.45) is 5.92 Å². The molecular weight excluding hydrogens is 280 g/mol. The van der Waals surface area contributed by atoms with Gasteiger partial charge in [-0.1, -0.05) is 32.1 Å². The highest BCUT2D eigenvalue weighted by molar-refractivity contribution is 5.80. The van der Waals surface area contributed by atoms with Gasteiger partial charge in [-0.05, 0) is 12.0 Å². The van der Waals surface area contributed by atoms with E-state index in [0.717, 1.165) is 12.8 Å². The van der Waals surface area contributed by atoms with E-state index >= 15 is 0 Å². The van der Waals surface area contributed by atoms with Crippen LogP contribution in [0.5, 0.6) is 0 Å². The van der Waals surface area contributed by atoms with Gasteiger partial charge >= 0.3 is 0 Å². The van der Waals surface area contributed by atoms with E-state index < -0.39 is 0 Å². The van der Waals surface area contributed by atoms with Gasteiger partial charge in [-0.15, -0.1) is 0 Å². The predicted octanol–water partition coefficient (Wildman–Crippen LogP) is 2.04. The first-order valence-corrected chi connectivity index (χ1v) is 7.82. The van der Waals surface area contributed by atoms with Crippen LogP contribution in [0.2, 0.25) is 0 Å². The molecule has 0 saturated heterocycles. The molecule has 0 bridgehead atoms. The van der Waals surface area contributed by atoms with E-state index in [-0.39, 0.29) is 17.8 Å². The Hall–Kier alpha value is -2.24. The lowest BCUT2D eigenvalue weighted by atomic mass is 9.85. The number of hydrogen-bond donors (Lipinski definition) is 1. The van der Waals surface area contributed by atoms with Crippen molar-refractivity contribution in [3.8, 4) is 5.95 Å². The number of aromatic amines is 1. The number of ketones is 1. The molecule has 0 aliphatic heterocycles. The third-order valence-corrected chi connectivity index (χ3v) is 4.21. The van der Waals surface area contributed by atoms with Crippen molar-refractivity contribution >= 4 is 5.78 Å². The summed E-state index contributed by atoms with van der Waals surface area (Å²) in [6.07, 6.45) is 11.5. The Labute approximate surface area is 128 Å². The highest BCUT2D eigenvalue weighted by Crippen LogP contribution is 2.26. The number of H-pyrrole nitrogens is 1. The van der Waals surface area contributed by atoms with Gasteiger partial charge in [0.25, 0.3) is 5.56 Å². The standard InChI is InChI=1S/C16H20N4O2/c21-14(9-12-5-2-1-3-6-12)10-13-11-17-16(19-15(13)22)20-8-4-7-18-20/h4,7-8,11-12H,1-3,5-6,9-10H2,(H,17,19,22). The van der Waals surface area contributed by atoms with Gasteiger partial charge in [-0.2, -0.15) is 5.10 Å². The van der Waals surface area contributed by atoms with Crippen LogP contribution in [0.1, 0.15) is 44.1 Å². The second-order valence-electron chi connectivity index (χ2n) is 5.94. The molecule has 2 aromatic rings. The summed E-state index contributed by atoms with van der Waals surface area (Å²) in [4.78, 5) is 31.1. The number of Topliss-reactive ketones (excluding diaryl/α,β-unsaturated/α-hetero) is 1. The van der Waals surface area contributed by atoms with Crippen molar-refractivity contribution in [3.63, 3.8) is 0 Å². The number of carbonyl (C=O) groups is 1. The van der Waals surface area contributed by atoms with Crippen LogP contribution in [0, 0.1) is 5.92 Å². The summed E-state index contributed by atoms with van der Waals surface area (Å²) in [5.41, 5.74) is 0.161. The van der Waals surface area contributed by atoms with E-state index in [1.165, 1.54) is 30.1 Å². The number of hydrogen-bond acceptors (Lipinski definition) is 4. The minimum absolute atomic E-state index is 0.131. The molecule has 0 unspecified atom stereocenters. The Bertz CT molecular complexity index is 684. The topological polar surface area (TPSA) is 80.6 Å². The van der Waals surface area contributed by atoms with Crippen molar-refractivity contribution in [3.05, 3.63) is 40.6 Å². The predicted molar refractivity (Wildman–Crippen MR) is 81.9 cm³/mol. The van der Waals surface area contributed by atoms with Crippen LogP contribution in [-0.2, 0) is 11.2 Å². The minimum atomic E-state index is -0.266. The Morgan fingerprint density at radius 1 is 1.32 bits per heavy atom. The maximum Gasteiger partial charge on any atom is 0.255 e. The number of rotatable bonds is 5. The normalized spacial score (nSPS) is 15.8. The van der Waals surface area contributed by atoms with E-state index in [9.17, 15) is 9.59 Å². The molecular formula is C16H20N4O2. The van der Waals surface area contributed by atoms with Gasteiger partial charge in [0.05, 0.1) is 0 Å². The first-order chi connectivity index (χ1) is 10.7. The van der Waals surface area contributed by atoms with Gasteiger partial charge < -0.3 is 0 Å². The Kier molecular flexibility index (Phi) is 4.46. The molecule has 6 nitrogen and oxygen atoms in total. The van der Waals surface area contributed by atoms with Crippen molar-refractivity contribution in [2.45, 2.75) is 44.9 Å². The SMILES string of the molecule is O=C(Cc1cnc(-n2cccn2)[nH]c1=O)CC1CCCCC1. The van der Waals surface area contributed by atoms with Crippen molar-refractivity contribution in [1.29, 1.82) is 0 Å². The molecule has 22 heavy (non-hydrogen) atoms. The van der Waals surface area contributed by atoms with E-state index in [0.29, 0.717) is 23.9 Å². The van der Waals surface area contributed by atoms with Crippen LogP contribution < -0.4 is 5.56 Å². The van der Waals surface area contributed by atoms with Gasteiger partial charge in [0, 0.05) is 37.0 Å². The molecule has 1 aliphatic carbocycles. The molecule has 0 aromatic carbocycles. The number of nitrogens with zero attached hydrogens (tertiary/aromatic N) is 3. The highest BCUT2D eigenvalue weighted by Gasteiger charge is 2.18. The molecule has 1 saturated carbocycles. The monoisotopic (exact) mass is 300 g/mol.